The molecule has 11 heteroatoms. The number of hydrogen-bond acceptors (Lipinski definition) is 6. The maximum atomic E-state index is 14.1. The van der Waals surface area contributed by atoms with Crippen molar-refractivity contribution in [1.29, 1.82) is 0 Å². The third-order valence-electron chi connectivity index (χ3n) is 3.88. The van der Waals surface area contributed by atoms with Gasteiger partial charge in [0.15, 0.2) is 11.6 Å². The van der Waals surface area contributed by atoms with Crippen molar-refractivity contribution in [2.45, 2.75) is 10.9 Å². The van der Waals surface area contributed by atoms with Crippen LogP contribution in [0.2, 0.25) is 0 Å². The molecule has 1 atom stereocenters. The van der Waals surface area contributed by atoms with Crippen LogP contribution >= 0.6 is 0 Å². The van der Waals surface area contributed by atoms with Crippen molar-refractivity contribution in [3.8, 4) is 5.75 Å². The van der Waals surface area contributed by atoms with Crippen LogP contribution in [0.15, 0.2) is 41.3 Å². The second kappa shape index (κ2) is 7.94. The van der Waals surface area contributed by atoms with Crippen LogP contribution in [0.1, 0.15) is 11.6 Å². The lowest BCUT2D eigenvalue weighted by Gasteiger charge is -2.22. The van der Waals surface area contributed by atoms with Gasteiger partial charge >= 0.3 is 0 Å². The number of nitro benzene ring substituents is 1. The topological polar surface area (TPSA) is 116 Å². The zero-order valence-corrected chi connectivity index (χ0v) is 15.2. The predicted molar refractivity (Wildman–Crippen MR) is 92.8 cm³/mol. The fourth-order valence-corrected chi connectivity index (χ4v) is 3.57. The third-order valence-corrected chi connectivity index (χ3v) is 5.72. The van der Waals surface area contributed by atoms with Crippen LogP contribution in [0.4, 0.5) is 14.5 Å². The smallest absolute Gasteiger partial charge is 0.269 e. The lowest BCUT2D eigenvalue weighted by molar-refractivity contribution is -0.384. The summed E-state index contributed by atoms with van der Waals surface area (Å²) in [6, 6.07) is 4.81. The van der Waals surface area contributed by atoms with Gasteiger partial charge in [-0.25, -0.2) is 17.2 Å². The van der Waals surface area contributed by atoms with Gasteiger partial charge in [0.05, 0.1) is 16.9 Å². The Kier molecular flexibility index (Phi) is 6.08. The minimum Gasteiger partial charge on any atom is -0.494 e. The summed E-state index contributed by atoms with van der Waals surface area (Å²) < 4.78 is 58.5. The second-order valence-corrected chi connectivity index (χ2v) is 7.70. The molecule has 0 aromatic heterocycles. The fourth-order valence-electron chi connectivity index (χ4n) is 2.38. The van der Waals surface area contributed by atoms with E-state index in [0.29, 0.717) is 0 Å². The normalized spacial score (nSPS) is 12.8. The van der Waals surface area contributed by atoms with Gasteiger partial charge in [0.1, 0.15) is 5.82 Å². The van der Waals surface area contributed by atoms with Gasteiger partial charge in [-0.15, -0.1) is 0 Å². The summed E-state index contributed by atoms with van der Waals surface area (Å²) >= 11 is 0. The van der Waals surface area contributed by atoms with Gasteiger partial charge in [0, 0.05) is 43.4 Å². The van der Waals surface area contributed by atoms with E-state index >= 15 is 0 Å². The molecule has 2 N–H and O–H groups in total. The largest absolute Gasteiger partial charge is 0.494 e. The highest BCUT2D eigenvalue weighted by Crippen LogP contribution is 2.26. The fraction of sp³-hybridized carbons (Fsp3) is 0.250. The molecule has 2 aromatic carbocycles. The molecule has 0 amide bonds. The van der Waals surface area contributed by atoms with E-state index in [1.165, 1.54) is 14.2 Å². The molecule has 0 aliphatic rings. The van der Waals surface area contributed by atoms with Crippen LogP contribution in [-0.4, -0.2) is 38.3 Å². The van der Waals surface area contributed by atoms with Gasteiger partial charge in [-0.1, -0.05) is 0 Å². The quantitative estimate of drug-likeness (QED) is 0.562. The van der Waals surface area contributed by atoms with Gasteiger partial charge in [0.2, 0.25) is 10.0 Å². The molecule has 8 nitrogen and oxygen atoms in total. The number of nitrogens with zero attached hydrogens (tertiary/aromatic N) is 2. The van der Waals surface area contributed by atoms with Crippen molar-refractivity contribution < 1.29 is 26.9 Å². The highest BCUT2D eigenvalue weighted by Gasteiger charge is 2.25. The van der Waals surface area contributed by atoms with E-state index in [-0.39, 0.29) is 28.4 Å². The van der Waals surface area contributed by atoms with E-state index in [0.717, 1.165) is 40.7 Å². The van der Waals surface area contributed by atoms with Gasteiger partial charge in [-0.3, -0.25) is 10.1 Å². The molecule has 2 aromatic rings. The number of sulfonamides is 1. The van der Waals surface area contributed by atoms with Crippen LogP contribution in [0.5, 0.6) is 5.75 Å². The molecule has 1 unspecified atom stereocenters. The summed E-state index contributed by atoms with van der Waals surface area (Å²) in [6.45, 7) is -0.345. The van der Waals surface area contributed by atoms with Crippen molar-refractivity contribution in [1.82, 2.24) is 4.31 Å². The first kappa shape index (κ1) is 20.7. The molecule has 0 spiro atoms. The maximum Gasteiger partial charge on any atom is 0.269 e. The Balaban J connectivity index is 2.23. The third kappa shape index (κ3) is 4.38. The van der Waals surface area contributed by atoms with E-state index in [4.69, 9.17) is 5.73 Å². The molecule has 0 bridgehead atoms. The Hall–Kier alpha value is -2.63. The zero-order chi connectivity index (χ0) is 20.4. The SMILES string of the molecule is COc1cc(F)c(C(N)CN(C)S(=O)(=O)c2ccc([N+](=O)[O-])cc2)cc1F. The summed E-state index contributed by atoms with van der Waals surface area (Å²) in [6.07, 6.45) is 0. The number of methoxy groups -OCH3 is 1. The van der Waals surface area contributed by atoms with Crippen molar-refractivity contribution in [2.24, 2.45) is 5.73 Å². The summed E-state index contributed by atoms with van der Waals surface area (Å²) in [7, 11) is -1.63. The molecule has 0 saturated carbocycles. The molecule has 0 radical (unpaired) electrons. The van der Waals surface area contributed by atoms with Gasteiger partial charge < -0.3 is 10.5 Å². The van der Waals surface area contributed by atoms with Crippen molar-refractivity contribution in [3.63, 3.8) is 0 Å². The number of hydrogen-bond donors (Lipinski definition) is 1. The molecule has 0 fully saturated rings. The summed E-state index contributed by atoms with van der Waals surface area (Å²) in [4.78, 5) is 9.81. The van der Waals surface area contributed by atoms with Gasteiger partial charge in [-0.2, -0.15) is 4.31 Å². The molecule has 0 heterocycles. The zero-order valence-electron chi connectivity index (χ0n) is 14.4. The monoisotopic (exact) mass is 401 g/mol. The Morgan fingerprint density at radius 3 is 2.33 bits per heavy atom. The van der Waals surface area contributed by atoms with E-state index < -0.39 is 32.6 Å². The highest BCUT2D eigenvalue weighted by molar-refractivity contribution is 7.89. The molecule has 146 valence electrons. The number of non-ortho nitro benzene ring substituents is 1. The van der Waals surface area contributed by atoms with E-state index in [9.17, 15) is 27.3 Å². The molecular formula is C16H17F2N3O5S. The average Bonchev–Trinajstić information content (AvgIpc) is 2.62. The Morgan fingerprint density at radius 1 is 1.22 bits per heavy atom. The van der Waals surface area contributed by atoms with E-state index in [1.54, 1.807) is 0 Å². The Bertz CT molecular complexity index is 951. The molecule has 27 heavy (non-hydrogen) atoms. The summed E-state index contributed by atoms with van der Waals surface area (Å²) in [5.74, 6) is -1.96. The van der Waals surface area contributed by atoms with E-state index in [1.807, 2.05) is 0 Å². The molecular weight excluding hydrogens is 384 g/mol. The van der Waals surface area contributed by atoms with Gasteiger partial charge in [-0.05, 0) is 18.2 Å². The summed E-state index contributed by atoms with van der Waals surface area (Å²) in [5, 5.41) is 10.7. The van der Waals surface area contributed by atoms with Crippen molar-refractivity contribution >= 4 is 15.7 Å². The number of benzene rings is 2. The van der Waals surface area contributed by atoms with E-state index in [2.05, 4.69) is 4.74 Å². The summed E-state index contributed by atoms with van der Waals surface area (Å²) in [5.41, 5.74) is 5.38. The Morgan fingerprint density at radius 2 is 1.81 bits per heavy atom. The lowest BCUT2D eigenvalue weighted by Crippen LogP contribution is -2.34. The van der Waals surface area contributed by atoms with Gasteiger partial charge in [0.25, 0.3) is 5.69 Å². The molecule has 0 aliphatic carbocycles. The number of rotatable bonds is 7. The van der Waals surface area contributed by atoms with Crippen LogP contribution in [-0.2, 0) is 10.0 Å². The number of nitro groups is 1. The molecule has 0 saturated heterocycles. The predicted octanol–water partition coefficient (Wildman–Crippen LogP) is 2.20. The van der Waals surface area contributed by atoms with Crippen LogP contribution < -0.4 is 10.5 Å². The first-order valence-corrected chi connectivity index (χ1v) is 9.01. The van der Waals surface area contributed by atoms with Crippen molar-refractivity contribution in [3.05, 3.63) is 63.7 Å². The molecule has 2 rings (SSSR count). The highest BCUT2D eigenvalue weighted by atomic mass is 32.2. The van der Waals surface area contributed by atoms with Crippen LogP contribution in [0, 0.1) is 21.7 Å². The van der Waals surface area contributed by atoms with Crippen LogP contribution in [0.25, 0.3) is 0 Å². The molecule has 0 aliphatic heterocycles. The first-order chi connectivity index (χ1) is 12.6. The number of ether oxygens (including phenoxy) is 1. The maximum absolute atomic E-state index is 14.1. The van der Waals surface area contributed by atoms with Crippen LogP contribution in [0.3, 0.4) is 0 Å². The number of likely N-dealkylation sites (N-methyl/N-ethyl adjacent to an activating group) is 1. The lowest BCUT2D eigenvalue weighted by atomic mass is 10.1. The standard InChI is InChI=1S/C16H17F2N3O5S/c1-20(27(24,25)11-5-3-10(4-6-11)21(22)23)9-15(19)12-7-14(18)16(26-2)8-13(12)17/h3-8,15H,9,19H2,1-2H3. The number of nitrogens with two attached hydrogens (primary N) is 1. The van der Waals surface area contributed by atoms with Crippen molar-refractivity contribution in [2.75, 3.05) is 20.7 Å². The minimum absolute atomic E-state index is 0.191. The Labute approximate surface area is 154 Å². The second-order valence-electron chi connectivity index (χ2n) is 5.65. The minimum atomic E-state index is -4.03. The number of halogens is 2. The average molecular weight is 401 g/mol. The first-order valence-electron chi connectivity index (χ1n) is 7.57.